The molecule has 0 saturated heterocycles. The van der Waals surface area contributed by atoms with E-state index in [1.165, 1.54) is 16.7 Å². The first-order chi connectivity index (χ1) is 23.3. The first kappa shape index (κ1) is 27.0. The summed E-state index contributed by atoms with van der Waals surface area (Å²) in [4.78, 5) is 9.99. The van der Waals surface area contributed by atoms with Crippen LogP contribution in [0.3, 0.4) is 0 Å². The molecule has 0 aliphatic carbocycles. The predicted molar refractivity (Wildman–Crippen MR) is 194 cm³/mol. The maximum Gasteiger partial charge on any atom is 0.160 e. The van der Waals surface area contributed by atoms with Crippen LogP contribution in [-0.4, -0.2) is 9.97 Å². The molecule has 0 spiro atoms. The quantitative estimate of drug-likeness (QED) is 0.197. The van der Waals surface area contributed by atoms with Crippen LogP contribution in [0.25, 0.3) is 88.9 Å². The molecule has 3 nitrogen and oxygen atoms in total. The summed E-state index contributed by atoms with van der Waals surface area (Å²) >= 11 is 0. The van der Waals surface area contributed by atoms with Crippen LogP contribution >= 0.6 is 0 Å². The number of benzene rings is 7. The van der Waals surface area contributed by atoms with E-state index in [1.54, 1.807) is 0 Å². The fourth-order valence-corrected chi connectivity index (χ4v) is 6.63. The Kier molecular flexibility index (Phi) is 6.46. The monoisotopic (exact) mass is 600 g/mol. The van der Waals surface area contributed by atoms with E-state index in [0.29, 0.717) is 5.82 Å². The minimum absolute atomic E-state index is 0.712. The number of furan rings is 1. The van der Waals surface area contributed by atoms with Crippen LogP contribution in [0.15, 0.2) is 174 Å². The lowest BCUT2D eigenvalue weighted by molar-refractivity contribution is 0.673. The van der Waals surface area contributed by atoms with Gasteiger partial charge in [-0.1, -0.05) is 152 Å². The standard InChI is InChI=1S/C44H28N2O/c1-4-13-29(14-5-1)34-21-12-22-41-42(34)38-27-37(35-19-10-11-20-36(35)43(38)47-41)30-23-25-32(26-24-30)40-28-39(31-15-6-2-7-16-31)45-44(46-40)33-17-8-3-9-18-33/h1-28H. The zero-order valence-electron chi connectivity index (χ0n) is 25.5. The number of fused-ring (bicyclic) bond motifs is 5. The molecule has 0 saturated carbocycles. The van der Waals surface area contributed by atoms with Gasteiger partial charge in [-0.3, -0.25) is 0 Å². The van der Waals surface area contributed by atoms with Crippen LogP contribution in [0.1, 0.15) is 0 Å². The molecule has 220 valence electrons. The second kappa shape index (κ2) is 11.2. The van der Waals surface area contributed by atoms with E-state index in [4.69, 9.17) is 14.4 Å². The van der Waals surface area contributed by atoms with E-state index in [0.717, 1.165) is 66.4 Å². The van der Waals surface area contributed by atoms with Crippen molar-refractivity contribution >= 4 is 32.7 Å². The van der Waals surface area contributed by atoms with Crippen molar-refractivity contribution in [2.75, 3.05) is 0 Å². The number of hydrogen-bond donors (Lipinski definition) is 0. The number of nitrogens with zero attached hydrogens (tertiary/aromatic N) is 2. The second-order valence-electron chi connectivity index (χ2n) is 11.8. The zero-order chi connectivity index (χ0) is 31.2. The SMILES string of the molecule is c1ccc(-c2cc(-c3ccc(-c4cc5c(oc6cccc(-c7ccccc7)c65)c5ccccc45)cc3)nc(-c3ccccc3)n2)cc1. The molecule has 2 aromatic heterocycles. The summed E-state index contributed by atoms with van der Waals surface area (Å²) in [6.07, 6.45) is 0. The van der Waals surface area contributed by atoms with Crippen molar-refractivity contribution in [3.8, 4) is 56.2 Å². The fourth-order valence-electron chi connectivity index (χ4n) is 6.63. The molecule has 2 heterocycles. The van der Waals surface area contributed by atoms with E-state index in [9.17, 15) is 0 Å². The van der Waals surface area contributed by atoms with Gasteiger partial charge < -0.3 is 4.42 Å². The molecule has 47 heavy (non-hydrogen) atoms. The van der Waals surface area contributed by atoms with Gasteiger partial charge in [-0.05, 0) is 45.8 Å². The first-order valence-electron chi connectivity index (χ1n) is 15.8. The van der Waals surface area contributed by atoms with Gasteiger partial charge in [-0.2, -0.15) is 0 Å². The Morgan fingerprint density at radius 1 is 0.362 bits per heavy atom. The molecular weight excluding hydrogens is 572 g/mol. The molecular formula is C44H28N2O. The highest BCUT2D eigenvalue weighted by Gasteiger charge is 2.18. The number of hydrogen-bond acceptors (Lipinski definition) is 3. The molecule has 0 aliphatic rings. The summed E-state index contributed by atoms with van der Waals surface area (Å²) < 4.78 is 6.58. The van der Waals surface area contributed by atoms with Gasteiger partial charge in [0.1, 0.15) is 11.2 Å². The van der Waals surface area contributed by atoms with E-state index < -0.39 is 0 Å². The van der Waals surface area contributed by atoms with Gasteiger partial charge >= 0.3 is 0 Å². The number of aromatic nitrogens is 2. The van der Waals surface area contributed by atoms with Gasteiger partial charge in [-0.25, -0.2) is 9.97 Å². The normalized spacial score (nSPS) is 11.4. The van der Waals surface area contributed by atoms with Crippen LogP contribution in [0.5, 0.6) is 0 Å². The number of rotatable bonds is 5. The van der Waals surface area contributed by atoms with Gasteiger partial charge in [0.2, 0.25) is 0 Å². The Balaban J connectivity index is 1.21. The Morgan fingerprint density at radius 3 is 1.57 bits per heavy atom. The molecule has 0 fully saturated rings. The van der Waals surface area contributed by atoms with E-state index >= 15 is 0 Å². The molecule has 3 heteroatoms. The van der Waals surface area contributed by atoms with Gasteiger partial charge in [0.15, 0.2) is 5.82 Å². The third kappa shape index (κ3) is 4.77. The molecule has 0 atom stereocenters. The van der Waals surface area contributed by atoms with Crippen molar-refractivity contribution < 1.29 is 4.42 Å². The minimum Gasteiger partial charge on any atom is -0.455 e. The minimum atomic E-state index is 0.712. The van der Waals surface area contributed by atoms with E-state index in [1.807, 2.05) is 36.4 Å². The summed E-state index contributed by atoms with van der Waals surface area (Å²) in [7, 11) is 0. The summed E-state index contributed by atoms with van der Waals surface area (Å²) in [5, 5.41) is 4.52. The lowest BCUT2D eigenvalue weighted by Gasteiger charge is -2.11. The third-order valence-electron chi connectivity index (χ3n) is 8.91. The summed E-state index contributed by atoms with van der Waals surface area (Å²) in [5.41, 5.74) is 11.3. The lowest BCUT2D eigenvalue weighted by Crippen LogP contribution is -1.95. The topological polar surface area (TPSA) is 38.9 Å². The molecule has 9 aromatic rings. The maximum absolute atomic E-state index is 6.58. The third-order valence-corrected chi connectivity index (χ3v) is 8.91. The molecule has 7 aromatic carbocycles. The largest absolute Gasteiger partial charge is 0.455 e. The van der Waals surface area contributed by atoms with Crippen molar-refractivity contribution in [3.63, 3.8) is 0 Å². The maximum atomic E-state index is 6.58. The van der Waals surface area contributed by atoms with Crippen molar-refractivity contribution in [2.45, 2.75) is 0 Å². The van der Waals surface area contributed by atoms with Crippen LogP contribution in [-0.2, 0) is 0 Å². The summed E-state index contributed by atoms with van der Waals surface area (Å²) in [5.74, 6) is 0.712. The summed E-state index contributed by atoms with van der Waals surface area (Å²) in [6.45, 7) is 0. The van der Waals surface area contributed by atoms with Crippen molar-refractivity contribution in [1.82, 2.24) is 9.97 Å². The van der Waals surface area contributed by atoms with Crippen LogP contribution in [0.4, 0.5) is 0 Å². The van der Waals surface area contributed by atoms with Gasteiger partial charge in [-0.15, -0.1) is 0 Å². The zero-order valence-corrected chi connectivity index (χ0v) is 25.5. The highest BCUT2D eigenvalue weighted by Crippen LogP contribution is 2.43. The van der Waals surface area contributed by atoms with Gasteiger partial charge in [0.25, 0.3) is 0 Å². The average Bonchev–Trinajstić information content (AvgIpc) is 3.55. The first-order valence-corrected chi connectivity index (χ1v) is 15.8. The van der Waals surface area contributed by atoms with Crippen LogP contribution < -0.4 is 0 Å². The molecule has 0 aliphatic heterocycles. The predicted octanol–water partition coefficient (Wildman–Crippen LogP) is 11.9. The van der Waals surface area contributed by atoms with Crippen molar-refractivity contribution in [2.24, 2.45) is 0 Å². The molecule has 0 unspecified atom stereocenters. The highest BCUT2D eigenvalue weighted by atomic mass is 16.3. The molecule has 0 amide bonds. The molecule has 0 bridgehead atoms. The Labute approximate surface area is 272 Å². The average molecular weight is 601 g/mol. The Hall–Kier alpha value is -6.32. The molecule has 0 N–H and O–H groups in total. The van der Waals surface area contributed by atoms with Crippen molar-refractivity contribution in [3.05, 3.63) is 170 Å². The second-order valence-corrected chi connectivity index (χ2v) is 11.8. The molecule has 0 radical (unpaired) electrons. The highest BCUT2D eigenvalue weighted by molar-refractivity contribution is 6.22. The van der Waals surface area contributed by atoms with E-state index in [-0.39, 0.29) is 0 Å². The molecule has 9 rings (SSSR count). The van der Waals surface area contributed by atoms with Crippen molar-refractivity contribution in [1.29, 1.82) is 0 Å². The smallest absolute Gasteiger partial charge is 0.160 e. The Morgan fingerprint density at radius 2 is 0.894 bits per heavy atom. The van der Waals surface area contributed by atoms with Gasteiger partial charge in [0, 0.05) is 32.8 Å². The van der Waals surface area contributed by atoms with Gasteiger partial charge in [0.05, 0.1) is 11.4 Å². The summed E-state index contributed by atoms with van der Waals surface area (Å²) in [6, 6.07) is 59.0. The van der Waals surface area contributed by atoms with E-state index in [2.05, 4.69) is 133 Å². The fraction of sp³-hybridized carbons (Fsp3) is 0. The van der Waals surface area contributed by atoms with Crippen LogP contribution in [0, 0.1) is 0 Å². The lowest BCUT2D eigenvalue weighted by atomic mass is 9.93. The Bertz CT molecular complexity index is 2480. The van der Waals surface area contributed by atoms with Crippen LogP contribution in [0.2, 0.25) is 0 Å².